The van der Waals surface area contributed by atoms with E-state index in [-0.39, 0.29) is 42.8 Å². The van der Waals surface area contributed by atoms with E-state index in [1.54, 1.807) is 0 Å². The van der Waals surface area contributed by atoms with Crippen molar-refractivity contribution >= 4 is 10.4 Å². The van der Waals surface area contributed by atoms with Gasteiger partial charge in [0.25, 0.3) is 0 Å². The standard InChI is InChI=1S/C12H25.C3H8O3.Na.H2O4S/c1-3-5-7-9-11-12-10-8-6-4-2;4-1-3(6)2-5;;1-5(2,3)4/h1,3-12H2,2H3;3-6H,1-2H2;;(H2,1,2,3,4)/q-1;;+1;. The summed E-state index contributed by atoms with van der Waals surface area (Å²) in [6.07, 6.45) is 12.9. The predicted molar refractivity (Wildman–Crippen MR) is 91.6 cm³/mol. The van der Waals surface area contributed by atoms with Crippen molar-refractivity contribution in [2.45, 2.75) is 77.2 Å². The van der Waals surface area contributed by atoms with E-state index in [2.05, 4.69) is 13.8 Å². The second-order valence-corrected chi connectivity index (χ2v) is 6.04. The van der Waals surface area contributed by atoms with Crippen LogP contribution in [0, 0.1) is 6.92 Å². The van der Waals surface area contributed by atoms with Crippen LogP contribution in [0.4, 0.5) is 0 Å². The number of hydrogen-bond acceptors (Lipinski definition) is 5. The fourth-order valence-corrected chi connectivity index (χ4v) is 1.55. The maximum atomic E-state index is 8.74. The van der Waals surface area contributed by atoms with Crippen LogP contribution in [0.3, 0.4) is 0 Å². The van der Waals surface area contributed by atoms with E-state index in [9.17, 15) is 0 Å². The van der Waals surface area contributed by atoms with Gasteiger partial charge in [0.1, 0.15) is 6.10 Å². The van der Waals surface area contributed by atoms with Gasteiger partial charge in [-0.15, -0.1) is 0 Å². The van der Waals surface area contributed by atoms with Crippen LogP contribution in [-0.4, -0.2) is 52.2 Å². The van der Waals surface area contributed by atoms with Crippen LogP contribution in [0.5, 0.6) is 0 Å². The first-order valence-electron chi connectivity index (χ1n) is 8.11. The molecule has 0 bridgehead atoms. The maximum Gasteiger partial charge on any atom is 1.00 e. The summed E-state index contributed by atoms with van der Waals surface area (Å²) in [6.45, 7) is 5.39. The molecule has 144 valence electrons. The third kappa shape index (κ3) is 56.9. The molecule has 0 aromatic rings. The molecule has 0 rings (SSSR count). The Morgan fingerprint density at radius 3 is 1.33 bits per heavy atom. The Hall–Kier alpha value is 0.750. The molecule has 0 aliphatic rings. The molecule has 0 saturated heterocycles. The van der Waals surface area contributed by atoms with Crippen molar-refractivity contribution in [3.63, 3.8) is 0 Å². The molecule has 24 heavy (non-hydrogen) atoms. The summed E-state index contributed by atoms with van der Waals surface area (Å²) in [6, 6.07) is 0. The first-order valence-corrected chi connectivity index (χ1v) is 9.51. The van der Waals surface area contributed by atoms with Crippen LogP contribution in [0.2, 0.25) is 0 Å². The minimum Gasteiger partial charge on any atom is -0.394 e. The van der Waals surface area contributed by atoms with Gasteiger partial charge in [-0.3, -0.25) is 9.11 Å². The van der Waals surface area contributed by atoms with Gasteiger partial charge in [-0.2, -0.15) is 14.8 Å². The Kier molecular flexibility index (Phi) is 35.1. The molecule has 0 spiro atoms. The molecule has 0 radical (unpaired) electrons. The molecule has 5 N–H and O–H groups in total. The van der Waals surface area contributed by atoms with Gasteiger partial charge in [-0.05, 0) is 0 Å². The van der Waals surface area contributed by atoms with E-state index in [1.807, 2.05) is 0 Å². The van der Waals surface area contributed by atoms with Gasteiger partial charge < -0.3 is 22.2 Å². The molecular weight excluding hydrogens is 347 g/mol. The predicted octanol–water partition coefficient (Wildman–Crippen LogP) is -0.576. The van der Waals surface area contributed by atoms with Gasteiger partial charge in [0.2, 0.25) is 0 Å². The van der Waals surface area contributed by atoms with Crippen molar-refractivity contribution in [2.75, 3.05) is 13.2 Å². The number of aliphatic hydroxyl groups is 3. The van der Waals surface area contributed by atoms with E-state index >= 15 is 0 Å². The summed E-state index contributed by atoms with van der Waals surface area (Å²) in [4.78, 5) is 0. The molecular formula is C15H35NaO7S. The molecule has 0 fully saturated rings. The third-order valence-electron chi connectivity index (χ3n) is 2.78. The normalized spacial score (nSPS) is 10.2. The van der Waals surface area contributed by atoms with Gasteiger partial charge >= 0.3 is 40.0 Å². The average molecular weight is 382 g/mol. The fourth-order valence-electron chi connectivity index (χ4n) is 1.55. The maximum absolute atomic E-state index is 8.74. The van der Waals surface area contributed by atoms with E-state index in [0.717, 1.165) is 6.42 Å². The second-order valence-electron chi connectivity index (χ2n) is 5.15. The Balaban J connectivity index is -0.000000140. The Morgan fingerprint density at radius 2 is 1.12 bits per heavy atom. The minimum absolute atomic E-state index is 0. The van der Waals surface area contributed by atoms with Gasteiger partial charge in [0, 0.05) is 0 Å². The van der Waals surface area contributed by atoms with E-state index in [0.29, 0.717) is 0 Å². The zero-order chi connectivity index (χ0) is 18.6. The Bertz CT molecular complexity index is 278. The smallest absolute Gasteiger partial charge is 0.394 e. The second kappa shape index (κ2) is 26.0. The number of aliphatic hydroxyl groups excluding tert-OH is 3. The van der Waals surface area contributed by atoms with Crippen LogP contribution in [0.1, 0.15) is 71.1 Å². The molecule has 9 heteroatoms. The average Bonchev–Trinajstić information content (AvgIpc) is 2.48. The summed E-state index contributed by atoms with van der Waals surface area (Å²) in [5.74, 6) is 0. The van der Waals surface area contributed by atoms with E-state index in [1.165, 1.54) is 57.8 Å². The first-order chi connectivity index (χ1) is 10.7. The summed E-state index contributed by atoms with van der Waals surface area (Å²) < 4.78 is 31.6. The Morgan fingerprint density at radius 1 is 0.833 bits per heavy atom. The van der Waals surface area contributed by atoms with Crippen LogP contribution in [0.25, 0.3) is 0 Å². The van der Waals surface area contributed by atoms with Gasteiger partial charge in [0.15, 0.2) is 0 Å². The molecule has 0 aliphatic heterocycles. The molecule has 0 amide bonds. The first kappa shape index (κ1) is 32.4. The summed E-state index contributed by atoms with van der Waals surface area (Å²) in [5.41, 5.74) is 0. The molecule has 0 unspecified atom stereocenters. The molecule has 0 saturated carbocycles. The van der Waals surface area contributed by atoms with Crippen LogP contribution >= 0.6 is 0 Å². The van der Waals surface area contributed by atoms with Crippen molar-refractivity contribution in [1.82, 2.24) is 0 Å². The monoisotopic (exact) mass is 382 g/mol. The van der Waals surface area contributed by atoms with Crippen LogP contribution in [0.15, 0.2) is 0 Å². The van der Waals surface area contributed by atoms with Crippen molar-refractivity contribution in [3.05, 3.63) is 6.92 Å². The number of rotatable bonds is 11. The van der Waals surface area contributed by atoms with Crippen LogP contribution < -0.4 is 29.6 Å². The number of unbranched alkanes of at least 4 members (excludes halogenated alkanes) is 9. The van der Waals surface area contributed by atoms with Crippen molar-refractivity contribution < 1.29 is 62.4 Å². The molecule has 0 atom stereocenters. The molecule has 0 heterocycles. The molecule has 0 aliphatic carbocycles. The summed E-state index contributed by atoms with van der Waals surface area (Å²) in [5, 5.41) is 24.0. The SMILES string of the molecule is O=S(=O)(O)O.OCC(O)CO.[CH2-]CCCCCCCCCCC.[Na+]. The summed E-state index contributed by atoms with van der Waals surface area (Å²) >= 11 is 0. The Labute approximate surface area is 169 Å². The number of hydrogen-bond donors (Lipinski definition) is 5. The van der Waals surface area contributed by atoms with Crippen LogP contribution in [-0.2, 0) is 10.4 Å². The van der Waals surface area contributed by atoms with Crippen molar-refractivity contribution in [2.24, 2.45) is 0 Å². The molecule has 7 nitrogen and oxygen atoms in total. The summed E-state index contributed by atoms with van der Waals surface area (Å²) in [7, 11) is -4.67. The largest absolute Gasteiger partial charge is 1.00 e. The van der Waals surface area contributed by atoms with E-state index in [4.69, 9.17) is 32.8 Å². The molecule has 0 aromatic carbocycles. The van der Waals surface area contributed by atoms with Crippen molar-refractivity contribution in [3.8, 4) is 0 Å². The zero-order valence-electron chi connectivity index (χ0n) is 15.2. The topological polar surface area (TPSA) is 135 Å². The van der Waals surface area contributed by atoms with Gasteiger partial charge in [-0.25, -0.2) is 0 Å². The quantitative estimate of drug-likeness (QED) is 0.140. The van der Waals surface area contributed by atoms with Crippen molar-refractivity contribution in [1.29, 1.82) is 0 Å². The third-order valence-corrected chi connectivity index (χ3v) is 2.78. The van der Waals surface area contributed by atoms with Gasteiger partial charge in [-0.1, -0.05) is 64.7 Å². The minimum atomic E-state index is -4.67. The van der Waals surface area contributed by atoms with E-state index < -0.39 is 16.5 Å². The molecule has 0 aromatic heterocycles. The fraction of sp³-hybridized carbons (Fsp3) is 0.933. The zero-order valence-corrected chi connectivity index (χ0v) is 18.0. The van der Waals surface area contributed by atoms with Gasteiger partial charge in [0.05, 0.1) is 13.2 Å².